The van der Waals surface area contributed by atoms with Crippen LogP contribution in [0.4, 0.5) is 0 Å². The van der Waals surface area contributed by atoms with E-state index in [1.165, 1.54) is 51.4 Å². The van der Waals surface area contributed by atoms with Gasteiger partial charge in [-0.1, -0.05) is 25.7 Å². The smallest absolute Gasteiger partial charge is 0.317 e. The largest absolute Gasteiger partial charge is 0.412 e. The molecule has 4 aliphatic rings. The molecule has 2 atom stereocenters. The van der Waals surface area contributed by atoms with Gasteiger partial charge in [0.15, 0.2) is 0 Å². The van der Waals surface area contributed by atoms with Crippen molar-refractivity contribution in [3.8, 4) is 0 Å². The van der Waals surface area contributed by atoms with Crippen molar-refractivity contribution in [2.45, 2.75) is 70.4 Å². The van der Waals surface area contributed by atoms with Gasteiger partial charge in [0, 0.05) is 65.4 Å². The quantitative estimate of drug-likeness (QED) is 0.202. The van der Waals surface area contributed by atoms with Gasteiger partial charge < -0.3 is 40.2 Å². The van der Waals surface area contributed by atoms with E-state index in [1.807, 2.05) is 0 Å². The second-order valence-corrected chi connectivity index (χ2v) is 12.5. The van der Waals surface area contributed by atoms with Crippen LogP contribution in [-0.4, -0.2) is 134 Å². The molecule has 0 spiro atoms. The molecular formula is C31H62N6O4. The van der Waals surface area contributed by atoms with Gasteiger partial charge in [0.25, 0.3) is 0 Å². The van der Waals surface area contributed by atoms with Crippen molar-refractivity contribution in [2.75, 3.05) is 118 Å². The van der Waals surface area contributed by atoms with Crippen LogP contribution in [0.2, 0.25) is 0 Å². The lowest BCUT2D eigenvalue weighted by Gasteiger charge is -2.35. The van der Waals surface area contributed by atoms with Crippen molar-refractivity contribution in [1.29, 1.82) is 0 Å². The average Bonchev–Trinajstić information content (AvgIpc) is 2.96. The van der Waals surface area contributed by atoms with E-state index in [9.17, 15) is 0 Å². The van der Waals surface area contributed by atoms with Crippen LogP contribution in [0.1, 0.15) is 64.2 Å². The van der Waals surface area contributed by atoms with Gasteiger partial charge in [-0.3, -0.25) is 9.80 Å². The second-order valence-electron chi connectivity index (χ2n) is 12.5. The summed E-state index contributed by atoms with van der Waals surface area (Å²) in [4.78, 5) is 4.90. The summed E-state index contributed by atoms with van der Waals surface area (Å²) < 4.78 is 26.1. The molecule has 2 unspecified atom stereocenters. The second kappa shape index (κ2) is 20.5. The first-order chi connectivity index (χ1) is 20.3. The van der Waals surface area contributed by atoms with Crippen LogP contribution in [0.3, 0.4) is 0 Å². The molecule has 0 aliphatic carbocycles. The highest BCUT2D eigenvalue weighted by atomic mass is 17.0. The minimum atomic E-state index is -1.43. The number of piperazine rings is 2. The van der Waals surface area contributed by atoms with Gasteiger partial charge in [-0.15, -0.1) is 0 Å². The highest BCUT2D eigenvalue weighted by Gasteiger charge is 2.37. The number of ether oxygens (including phenoxy) is 4. The summed E-state index contributed by atoms with van der Waals surface area (Å²) in [5.41, 5.74) is 0. The van der Waals surface area contributed by atoms with E-state index in [0.717, 1.165) is 104 Å². The van der Waals surface area contributed by atoms with Crippen molar-refractivity contribution < 1.29 is 18.9 Å². The third-order valence-corrected chi connectivity index (χ3v) is 9.29. The fourth-order valence-electron chi connectivity index (χ4n) is 6.51. The Morgan fingerprint density at radius 3 is 1.34 bits per heavy atom. The summed E-state index contributed by atoms with van der Waals surface area (Å²) in [5, 5.41) is 14.0. The first-order valence-corrected chi connectivity index (χ1v) is 17.1. The van der Waals surface area contributed by atoms with Crippen LogP contribution in [-0.2, 0) is 18.9 Å². The Bertz CT molecular complexity index is 580. The maximum absolute atomic E-state index is 6.56. The maximum Gasteiger partial charge on any atom is 0.412 e. The molecule has 0 aromatic carbocycles. The van der Waals surface area contributed by atoms with Crippen molar-refractivity contribution in [1.82, 2.24) is 31.1 Å². The van der Waals surface area contributed by atoms with Crippen LogP contribution in [0.5, 0.6) is 0 Å². The first kappa shape index (κ1) is 33.5. The maximum atomic E-state index is 6.56. The molecule has 0 aromatic heterocycles. The van der Waals surface area contributed by atoms with Crippen molar-refractivity contribution in [3.05, 3.63) is 0 Å². The van der Waals surface area contributed by atoms with Crippen LogP contribution >= 0.6 is 0 Å². The van der Waals surface area contributed by atoms with Gasteiger partial charge in [-0.25, -0.2) is 0 Å². The zero-order chi connectivity index (χ0) is 28.3. The van der Waals surface area contributed by atoms with Crippen LogP contribution < -0.4 is 21.3 Å². The molecule has 0 bridgehead atoms. The van der Waals surface area contributed by atoms with Gasteiger partial charge in [0.2, 0.25) is 0 Å². The predicted molar refractivity (Wildman–Crippen MR) is 164 cm³/mol. The van der Waals surface area contributed by atoms with E-state index in [0.29, 0.717) is 38.3 Å². The summed E-state index contributed by atoms with van der Waals surface area (Å²) in [6, 6.07) is 0. The molecule has 4 saturated heterocycles. The molecule has 0 aromatic rings. The van der Waals surface area contributed by atoms with Crippen LogP contribution in [0.15, 0.2) is 0 Å². The van der Waals surface area contributed by atoms with E-state index in [2.05, 4.69) is 31.1 Å². The molecule has 4 aliphatic heterocycles. The summed E-state index contributed by atoms with van der Waals surface area (Å²) in [5.74, 6) is 1.34. The van der Waals surface area contributed by atoms with Gasteiger partial charge in [0.1, 0.15) is 0 Å². The van der Waals surface area contributed by atoms with Gasteiger partial charge in [0.05, 0.1) is 26.4 Å². The predicted octanol–water partition coefficient (Wildman–Crippen LogP) is 1.81. The standard InChI is InChI=1S/C31H62N6O4/c1-3-11-32-13-7-29(5-1)9-25-38-31(40-27-23-36-19-15-34-16-20-36,41-28-24-37-21-17-35-18-22-37)39-26-10-30-6-2-4-12-33-14-8-30/h29-30,32-35H,1-28H2. The number of hydrogen-bond acceptors (Lipinski definition) is 10. The molecule has 10 nitrogen and oxygen atoms in total. The minimum Gasteiger partial charge on any atom is -0.317 e. The molecule has 10 heteroatoms. The Morgan fingerprint density at radius 2 is 0.878 bits per heavy atom. The lowest BCUT2D eigenvalue weighted by Crippen LogP contribution is -2.49. The third-order valence-electron chi connectivity index (χ3n) is 9.29. The topological polar surface area (TPSA) is 91.5 Å². The highest BCUT2D eigenvalue weighted by Crippen LogP contribution is 2.25. The fraction of sp³-hybridized carbons (Fsp3) is 1.00. The average molecular weight is 583 g/mol. The van der Waals surface area contributed by atoms with Crippen LogP contribution in [0.25, 0.3) is 0 Å². The van der Waals surface area contributed by atoms with Gasteiger partial charge >= 0.3 is 6.16 Å². The first-order valence-electron chi connectivity index (χ1n) is 17.1. The number of nitrogens with one attached hydrogen (secondary N) is 4. The normalized spacial score (nSPS) is 26.6. The Hall–Kier alpha value is -0.400. The molecule has 4 heterocycles. The van der Waals surface area contributed by atoms with E-state index in [-0.39, 0.29) is 0 Å². The Kier molecular flexibility index (Phi) is 16.8. The van der Waals surface area contributed by atoms with E-state index in [1.54, 1.807) is 0 Å². The molecule has 41 heavy (non-hydrogen) atoms. The van der Waals surface area contributed by atoms with Crippen molar-refractivity contribution in [2.24, 2.45) is 11.8 Å². The third kappa shape index (κ3) is 13.8. The van der Waals surface area contributed by atoms with Gasteiger partial charge in [-0.2, -0.15) is 0 Å². The summed E-state index contributed by atoms with van der Waals surface area (Å²) >= 11 is 0. The van der Waals surface area contributed by atoms with E-state index in [4.69, 9.17) is 18.9 Å². The monoisotopic (exact) mass is 582 g/mol. The summed E-state index contributed by atoms with van der Waals surface area (Å²) in [7, 11) is 0. The molecule has 240 valence electrons. The minimum absolute atomic E-state index is 0.536. The van der Waals surface area contributed by atoms with Gasteiger partial charge in [-0.05, 0) is 76.5 Å². The SMILES string of the molecule is C1CCC(CCOC(OCCC2CCCCNCC2)(OCCN2CCNCC2)OCCN2CCNCC2)CCNC1. The molecule has 4 N–H and O–H groups in total. The Labute approximate surface area is 250 Å². The summed E-state index contributed by atoms with van der Waals surface area (Å²) in [6.45, 7) is 16.8. The number of rotatable bonds is 16. The zero-order valence-electron chi connectivity index (χ0n) is 26.0. The van der Waals surface area contributed by atoms with Crippen molar-refractivity contribution in [3.63, 3.8) is 0 Å². The van der Waals surface area contributed by atoms with Crippen LogP contribution in [0, 0.1) is 11.8 Å². The number of nitrogens with zero attached hydrogens (tertiary/aromatic N) is 2. The molecule has 0 radical (unpaired) electrons. The van der Waals surface area contributed by atoms with E-state index < -0.39 is 6.16 Å². The van der Waals surface area contributed by atoms with Crippen molar-refractivity contribution >= 4 is 0 Å². The van der Waals surface area contributed by atoms with E-state index >= 15 is 0 Å². The molecule has 0 amide bonds. The molecular weight excluding hydrogens is 520 g/mol. The molecule has 0 saturated carbocycles. The fourth-order valence-corrected chi connectivity index (χ4v) is 6.51. The Morgan fingerprint density at radius 1 is 0.463 bits per heavy atom. The highest BCUT2D eigenvalue weighted by molar-refractivity contribution is 4.70. The number of hydrogen-bond donors (Lipinski definition) is 4. The lowest BCUT2D eigenvalue weighted by atomic mass is 9.94. The summed E-state index contributed by atoms with van der Waals surface area (Å²) in [6.07, 6.45) is 10.7. The lowest BCUT2D eigenvalue weighted by molar-refractivity contribution is -0.500. The Balaban J connectivity index is 1.35. The zero-order valence-corrected chi connectivity index (χ0v) is 26.0. The molecule has 4 rings (SSSR count). The molecule has 4 fully saturated rings.